The van der Waals surface area contributed by atoms with E-state index in [1.165, 1.54) is 19.3 Å². The van der Waals surface area contributed by atoms with Gasteiger partial charge < -0.3 is 9.47 Å². The van der Waals surface area contributed by atoms with Gasteiger partial charge in [0.25, 0.3) is 0 Å². The van der Waals surface area contributed by atoms with Crippen molar-refractivity contribution in [1.29, 1.82) is 0 Å². The van der Waals surface area contributed by atoms with E-state index < -0.39 is 0 Å². The third kappa shape index (κ3) is 1.94. The predicted octanol–water partition coefficient (Wildman–Crippen LogP) is 1.94. The van der Waals surface area contributed by atoms with Gasteiger partial charge in [-0.3, -0.25) is 0 Å². The zero-order valence-corrected chi connectivity index (χ0v) is 7.30. The molecule has 0 aromatic rings. The first-order valence-corrected chi connectivity index (χ1v) is 4.47. The summed E-state index contributed by atoms with van der Waals surface area (Å²) in [6.45, 7) is 4.77. The molecule has 2 rings (SSSR count). The minimum atomic E-state index is -0.320. The molecule has 1 saturated heterocycles. The van der Waals surface area contributed by atoms with Gasteiger partial charge in [0, 0.05) is 0 Å². The number of hydrogen-bond donors (Lipinski definition) is 0. The second-order valence-corrected chi connectivity index (χ2v) is 4.13. The van der Waals surface area contributed by atoms with Crippen LogP contribution in [0.5, 0.6) is 0 Å². The van der Waals surface area contributed by atoms with E-state index in [0.717, 1.165) is 12.5 Å². The highest BCUT2D eigenvalue weighted by Crippen LogP contribution is 2.37. The van der Waals surface area contributed by atoms with Crippen molar-refractivity contribution in [1.82, 2.24) is 0 Å². The van der Waals surface area contributed by atoms with Gasteiger partial charge in [-0.05, 0) is 26.2 Å². The molecule has 0 unspecified atom stereocenters. The van der Waals surface area contributed by atoms with Crippen molar-refractivity contribution in [2.75, 3.05) is 6.61 Å². The van der Waals surface area contributed by atoms with E-state index in [-0.39, 0.29) is 5.79 Å². The van der Waals surface area contributed by atoms with Gasteiger partial charge >= 0.3 is 0 Å². The Bertz CT molecular complexity index is 150. The molecule has 2 heteroatoms. The largest absolute Gasteiger partial charge is 0.348 e. The Hall–Kier alpha value is -0.0800. The first-order valence-electron chi connectivity index (χ1n) is 4.47. The van der Waals surface area contributed by atoms with Gasteiger partial charge in [-0.15, -0.1) is 0 Å². The van der Waals surface area contributed by atoms with Crippen molar-refractivity contribution >= 4 is 0 Å². The topological polar surface area (TPSA) is 18.5 Å². The van der Waals surface area contributed by atoms with E-state index in [2.05, 4.69) is 0 Å². The molecule has 0 radical (unpaired) electrons. The van der Waals surface area contributed by atoms with E-state index >= 15 is 0 Å². The smallest absolute Gasteiger partial charge is 0.163 e. The molecule has 1 aliphatic heterocycles. The average molecular weight is 156 g/mol. The van der Waals surface area contributed by atoms with Gasteiger partial charge in [0.05, 0.1) is 12.7 Å². The number of rotatable bonds is 2. The Balaban J connectivity index is 1.79. The van der Waals surface area contributed by atoms with E-state index in [0.29, 0.717) is 6.10 Å². The molecule has 0 aromatic carbocycles. The molecule has 2 fully saturated rings. The molecule has 1 atom stereocenters. The maximum absolute atomic E-state index is 5.68. The third-order valence-electron chi connectivity index (χ3n) is 2.36. The molecule has 1 saturated carbocycles. The van der Waals surface area contributed by atoms with Crippen molar-refractivity contribution in [3.8, 4) is 0 Å². The fraction of sp³-hybridized carbons (Fsp3) is 1.00. The lowest BCUT2D eigenvalue weighted by Gasteiger charge is -2.16. The van der Waals surface area contributed by atoms with Gasteiger partial charge in [-0.2, -0.15) is 0 Å². The van der Waals surface area contributed by atoms with Gasteiger partial charge in [-0.1, -0.05) is 12.8 Å². The summed E-state index contributed by atoms with van der Waals surface area (Å²) in [6.07, 6.45) is 4.39. The number of ether oxygens (including phenoxy) is 2. The van der Waals surface area contributed by atoms with Crippen LogP contribution in [0.15, 0.2) is 0 Å². The van der Waals surface area contributed by atoms with E-state index in [4.69, 9.17) is 9.47 Å². The molecule has 11 heavy (non-hydrogen) atoms. The van der Waals surface area contributed by atoms with Gasteiger partial charge in [-0.25, -0.2) is 0 Å². The molecule has 0 N–H and O–H groups in total. The van der Waals surface area contributed by atoms with Gasteiger partial charge in [0.2, 0.25) is 0 Å². The first-order chi connectivity index (χ1) is 5.16. The zero-order chi connectivity index (χ0) is 7.90. The van der Waals surface area contributed by atoms with Crippen LogP contribution in [0.3, 0.4) is 0 Å². The fourth-order valence-corrected chi connectivity index (χ4v) is 1.60. The molecule has 1 heterocycles. The average Bonchev–Trinajstić information content (AvgIpc) is 2.61. The third-order valence-corrected chi connectivity index (χ3v) is 2.36. The maximum Gasteiger partial charge on any atom is 0.163 e. The minimum absolute atomic E-state index is 0.320. The monoisotopic (exact) mass is 156 g/mol. The normalized spacial score (nSPS) is 36.0. The van der Waals surface area contributed by atoms with Gasteiger partial charge in [0.15, 0.2) is 5.79 Å². The lowest BCUT2D eigenvalue weighted by Crippen LogP contribution is -2.21. The predicted molar refractivity (Wildman–Crippen MR) is 42.2 cm³/mol. The lowest BCUT2D eigenvalue weighted by atomic mass is 10.2. The van der Waals surface area contributed by atoms with E-state index in [1.54, 1.807) is 0 Å². The second kappa shape index (κ2) is 2.46. The van der Waals surface area contributed by atoms with Gasteiger partial charge in [0.1, 0.15) is 0 Å². The van der Waals surface area contributed by atoms with Crippen LogP contribution in [0.1, 0.15) is 33.1 Å². The molecule has 0 aromatic heterocycles. The quantitative estimate of drug-likeness (QED) is 0.608. The Labute approximate surface area is 67.9 Å². The first kappa shape index (κ1) is 7.56. The van der Waals surface area contributed by atoms with Crippen LogP contribution in [-0.2, 0) is 9.47 Å². The van der Waals surface area contributed by atoms with Crippen molar-refractivity contribution in [2.24, 2.45) is 5.92 Å². The SMILES string of the molecule is CC1(C)OC[C@@H](CC2CC2)O1. The van der Waals surface area contributed by atoms with Crippen LogP contribution in [0.25, 0.3) is 0 Å². The van der Waals surface area contributed by atoms with Crippen molar-refractivity contribution < 1.29 is 9.47 Å². The summed E-state index contributed by atoms with van der Waals surface area (Å²) in [4.78, 5) is 0. The summed E-state index contributed by atoms with van der Waals surface area (Å²) in [6, 6.07) is 0. The molecule has 0 amide bonds. The Morgan fingerprint density at radius 2 is 2.09 bits per heavy atom. The summed E-state index contributed by atoms with van der Waals surface area (Å²) in [5, 5.41) is 0. The molecule has 2 nitrogen and oxygen atoms in total. The molecule has 0 bridgehead atoms. The van der Waals surface area contributed by atoms with E-state index in [9.17, 15) is 0 Å². The molecular formula is C9H16O2. The van der Waals surface area contributed by atoms with Crippen LogP contribution in [-0.4, -0.2) is 18.5 Å². The number of hydrogen-bond acceptors (Lipinski definition) is 2. The van der Waals surface area contributed by atoms with Crippen LogP contribution >= 0.6 is 0 Å². The fourth-order valence-electron chi connectivity index (χ4n) is 1.60. The molecule has 2 aliphatic rings. The highest BCUT2D eigenvalue weighted by atomic mass is 16.7. The van der Waals surface area contributed by atoms with Crippen LogP contribution in [0, 0.1) is 5.92 Å². The Kier molecular flexibility index (Phi) is 1.69. The van der Waals surface area contributed by atoms with E-state index in [1.807, 2.05) is 13.8 Å². The summed E-state index contributed by atoms with van der Waals surface area (Å²) in [5.41, 5.74) is 0. The van der Waals surface area contributed by atoms with Crippen LogP contribution < -0.4 is 0 Å². The lowest BCUT2D eigenvalue weighted by molar-refractivity contribution is -0.139. The highest BCUT2D eigenvalue weighted by molar-refractivity contribution is 4.80. The van der Waals surface area contributed by atoms with Crippen LogP contribution in [0.2, 0.25) is 0 Å². The zero-order valence-electron chi connectivity index (χ0n) is 7.30. The summed E-state index contributed by atoms with van der Waals surface area (Å²) in [7, 11) is 0. The summed E-state index contributed by atoms with van der Waals surface area (Å²) < 4.78 is 11.1. The Morgan fingerprint density at radius 1 is 1.36 bits per heavy atom. The molecule has 0 spiro atoms. The van der Waals surface area contributed by atoms with Crippen molar-refractivity contribution in [3.63, 3.8) is 0 Å². The highest BCUT2D eigenvalue weighted by Gasteiger charge is 2.36. The summed E-state index contributed by atoms with van der Waals surface area (Å²) >= 11 is 0. The maximum atomic E-state index is 5.68. The minimum Gasteiger partial charge on any atom is -0.348 e. The molecule has 1 aliphatic carbocycles. The van der Waals surface area contributed by atoms with Crippen molar-refractivity contribution in [2.45, 2.75) is 45.0 Å². The van der Waals surface area contributed by atoms with Crippen molar-refractivity contribution in [3.05, 3.63) is 0 Å². The molecule has 64 valence electrons. The summed E-state index contributed by atoms with van der Waals surface area (Å²) in [5.74, 6) is 0.622. The standard InChI is InChI=1S/C9H16O2/c1-9(2)10-6-8(11-9)5-7-3-4-7/h7-8H,3-6H2,1-2H3/t8-/m1/s1. The second-order valence-electron chi connectivity index (χ2n) is 4.13. The van der Waals surface area contributed by atoms with Crippen LogP contribution in [0.4, 0.5) is 0 Å². The Morgan fingerprint density at radius 3 is 2.55 bits per heavy atom. The molecular weight excluding hydrogens is 140 g/mol.